The molecule has 6 heteroatoms. The van der Waals surface area contributed by atoms with Crippen LogP contribution in [-0.2, 0) is 14.6 Å². The molecule has 1 heterocycles. The number of hydrogen-bond donors (Lipinski definition) is 0. The third-order valence-corrected chi connectivity index (χ3v) is 5.41. The molecule has 1 unspecified atom stereocenters. The van der Waals surface area contributed by atoms with Crippen LogP contribution in [0.15, 0.2) is 24.3 Å². The van der Waals surface area contributed by atoms with Gasteiger partial charge in [0.1, 0.15) is 12.4 Å². The molecule has 1 atom stereocenters. The van der Waals surface area contributed by atoms with Crippen molar-refractivity contribution in [2.45, 2.75) is 13.3 Å². The zero-order chi connectivity index (χ0) is 15.5. The minimum absolute atomic E-state index is 0.0189. The first kappa shape index (κ1) is 15.8. The van der Waals surface area contributed by atoms with E-state index in [1.807, 2.05) is 31.2 Å². The Morgan fingerprint density at radius 1 is 1.43 bits per heavy atom. The van der Waals surface area contributed by atoms with Crippen molar-refractivity contribution in [2.24, 2.45) is 5.92 Å². The van der Waals surface area contributed by atoms with Gasteiger partial charge in [-0.15, -0.1) is 0 Å². The SMILES string of the molecule is Cc1cccc(OCCN(C)C(=O)C2CCS(=O)(=O)C2)c1. The molecular weight excluding hydrogens is 290 g/mol. The number of benzene rings is 1. The number of sulfone groups is 1. The predicted octanol–water partition coefficient (Wildman–Crippen LogP) is 1.27. The van der Waals surface area contributed by atoms with Crippen LogP contribution in [0.1, 0.15) is 12.0 Å². The summed E-state index contributed by atoms with van der Waals surface area (Å²) in [6.07, 6.45) is 0.435. The molecule has 1 fully saturated rings. The molecular formula is C15H21NO4S. The lowest BCUT2D eigenvalue weighted by Gasteiger charge is -2.20. The van der Waals surface area contributed by atoms with Gasteiger partial charge in [-0.3, -0.25) is 4.79 Å². The van der Waals surface area contributed by atoms with Gasteiger partial charge < -0.3 is 9.64 Å². The number of ether oxygens (including phenoxy) is 1. The molecule has 0 saturated carbocycles. The summed E-state index contributed by atoms with van der Waals surface area (Å²) < 4.78 is 28.4. The summed E-state index contributed by atoms with van der Waals surface area (Å²) in [6.45, 7) is 2.83. The summed E-state index contributed by atoms with van der Waals surface area (Å²) in [7, 11) is -1.33. The van der Waals surface area contributed by atoms with Crippen molar-refractivity contribution in [1.29, 1.82) is 0 Å². The Kier molecular flexibility index (Phi) is 4.88. The highest BCUT2D eigenvalue weighted by Crippen LogP contribution is 2.20. The molecule has 1 aliphatic heterocycles. The van der Waals surface area contributed by atoms with E-state index in [0.717, 1.165) is 11.3 Å². The van der Waals surface area contributed by atoms with Crippen LogP contribution in [0.3, 0.4) is 0 Å². The van der Waals surface area contributed by atoms with Gasteiger partial charge in [-0.2, -0.15) is 0 Å². The van der Waals surface area contributed by atoms with Gasteiger partial charge in [0.2, 0.25) is 5.91 Å². The number of nitrogens with zero attached hydrogens (tertiary/aromatic N) is 1. The third-order valence-electron chi connectivity index (χ3n) is 3.64. The van der Waals surface area contributed by atoms with Gasteiger partial charge in [-0.05, 0) is 31.0 Å². The fourth-order valence-electron chi connectivity index (χ4n) is 2.42. The van der Waals surface area contributed by atoms with E-state index in [2.05, 4.69) is 0 Å². The standard InChI is InChI=1S/C15H21NO4S/c1-12-4-3-5-14(10-12)20-8-7-16(2)15(17)13-6-9-21(18,19)11-13/h3-5,10,13H,6-9,11H2,1-2H3. The summed E-state index contributed by atoms with van der Waals surface area (Å²) in [5, 5.41) is 0. The number of aryl methyl sites for hydroxylation is 1. The van der Waals surface area contributed by atoms with Crippen molar-refractivity contribution < 1.29 is 17.9 Å². The van der Waals surface area contributed by atoms with Gasteiger partial charge in [0, 0.05) is 7.05 Å². The minimum atomic E-state index is -3.02. The second kappa shape index (κ2) is 6.47. The van der Waals surface area contributed by atoms with Crippen molar-refractivity contribution in [1.82, 2.24) is 4.90 Å². The third kappa shape index (κ3) is 4.46. The Morgan fingerprint density at radius 2 is 2.19 bits per heavy atom. The molecule has 2 rings (SSSR count). The fourth-order valence-corrected chi connectivity index (χ4v) is 4.15. The lowest BCUT2D eigenvalue weighted by molar-refractivity contribution is -0.133. The highest BCUT2D eigenvalue weighted by Gasteiger charge is 2.34. The van der Waals surface area contributed by atoms with Crippen molar-refractivity contribution in [3.63, 3.8) is 0 Å². The highest BCUT2D eigenvalue weighted by atomic mass is 32.2. The molecule has 0 bridgehead atoms. The highest BCUT2D eigenvalue weighted by molar-refractivity contribution is 7.91. The molecule has 0 radical (unpaired) electrons. The van der Waals surface area contributed by atoms with Crippen LogP contribution in [0.2, 0.25) is 0 Å². The first-order valence-electron chi connectivity index (χ1n) is 7.02. The largest absolute Gasteiger partial charge is 0.492 e. The quantitative estimate of drug-likeness (QED) is 0.821. The second-order valence-electron chi connectivity index (χ2n) is 5.52. The Hall–Kier alpha value is -1.56. The maximum atomic E-state index is 12.1. The van der Waals surface area contributed by atoms with Crippen LogP contribution in [0.5, 0.6) is 5.75 Å². The number of carbonyl (C=O) groups excluding carboxylic acids is 1. The summed E-state index contributed by atoms with van der Waals surface area (Å²) in [6, 6.07) is 7.72. The Morgan fingerprint density at radius 3 is 2.81 bits per heavy atom. The second-order valence-corrected chi connectivity index (χ2v) is 7.75. The monoisotopic (exact) mass is 311 g/mol. The van der Waals surface area contributed by atoms with Gasteiger partial charge in [0.05, 0.1) is 24.0 Å². The Labute approximate surface area is 125 Å². The number of hydrogen-bond acceptors (Lipinski definition) is 4. The molecule has 0 aromatic heterocycles. The summed E-state index contributed by atoms with van der Waals surface area (Å²) in [5.74, 6) is 0.383. The van der Waals surface area contributed by atoms with Crippen LogP contribution in [0.25, 0.3) is 0 Å². The maximum absolute atomic E-state index is 12.1. The topological polar surface area (TPSA) is 63.7 Å². The van der Waals surface area contributed by atoms with E-state index in [1.54, 1.807) is 11.9 Å². The average Bonchev–Trinajstić information content (AvgIpc) is 2.78. The zero-order valence-electron chi connectivity index (χ0n) is 12.4. The van der Waals surface area contributed by atoms with E-state index >= 15 is 0 Å². The minimum Gasteiger partial charge on any atom is -0.492 e. The van der Waals surface area contributed by atoms with Gasteiger partial charge in [-0.1, -0.05) is 12.1 Å². The number of carbonyl (C=O) groups is 1. The molecule has 116 valence electrons. The average molecular weight is 311 g/mol. The lowest BCUT2D eigenvalue weighted by atomic mass is 10.1. The van der Waals surface area contributed by atoms with Gasteiger partial charge in [-0.25, -0.2) is 8.42 Å². The molecule has 1 amide bonds. The van der Waals surface area contributed by atoms with Crippen LogP contribution in [0.4, 0.5) is 0 Å². The van der Waals surface area contributed by atoms with Gasteiger partial charge in [0.25, 0.3) is 0 Å². The Balaban J connectivity index is 1.79. The Bertz CT molecular complexity index is 612. The van der Waals surface area contributed by atoms with E-state index in [-0.39, 0.29) is 23.3 Å². The van der Waals surface area contributed by atoms with Gasteiger partial charge >= 0.3 is 0 Å². The summed E-state index contributed by atoms with van der Waals surface area (Å²) in [4.78, 5) is 13.7. The van der Waals surface area contributed by atoms with Crippen LogP contribution < -0.4 is 4.74 Å². The maximum Gasteiger partial charge on any atom is 0.226 e. The normalized spacial score (nSPS) is 20.2. The van der Waals surface area contributed by atoms with Crippen molar-refractivity contribution in [3.8, 4) is 5.75 Å². The number of amides is 1. The fraction of sp³-hybridized carbons (Fsp3) is 0.533. The zero-order valence-corrected chi connectivity index (χ0v) is 13.2. The first-order valence-corrected chi connectivity index (χ1v) is 8.84. The van der Waals surface area contributed by atoms with Crippen molar-refractivity contribution in [3.05, 3.63) is 29.8 Å². The molecule has 0 aliphatic carbocycles. The molecule has 5 nitrogen and oxygen atoms in total. The van der Waals surface area contributed by atoms with E-state index in [4.69, 9.17) is 4.74 Å². The summed E-state index contributed by atoms with van der Waals surface area (Å²) in [5.41, 5.74) is 1.12. The smallest absolute Gasteiger partial charge is 0.226 e. The predicted molar refractivity (Wildman–Crippen MR) is 81.1 cm³/mol. The van der Waals surface area contributed by atoms with Crippen molar-refractivity contribution in [2.75, 3.05) is 31.7 Å². The lowest BCUT2D eigenvalue weighted by Crippen LogP contribution is -2.36. The molecule has 21 heavy (non-hydrogen) atoms. The van der Waals surface area contributed by atoms with E-state index in [9.17, 15) is 13.2 Å². The molecule has 1 aromatic rings. The van der Waals surface area contributed by atoms with Crippen molar-refractivity contribution >= 4 is 15.7 Å². The summed E-state index contributed by atoms with van der Waals surface area (Å²) >= 11 is 0. The number of likely N-dealkylation sites (N-methyl/N-ethyl adjacent to an activating group) is 1. The molecule has 0 spiro atoms. The van der Waals surface area contributed by atoms with Crippen LogP contribution >= 0.6 is 0 Å². The molecule has 1 aromatic carbocycles. The van der Waals surface area contributed by atoms with E-state index in [1.165, 1.54) is 0 Å². The van der Waals surface area contributed by atoms with Crippen LogP contribution in [0, 0.1) is 12.8 Å². The molecule has 0 N–H and O–H groups in total. The van der Waals surface area contributed by atoms with Crippen LogP contribution in [-0.4, -0.2) is 50.9 Å². The number of rotatable bonds is 5. The van der Waals surface area contributed by atoms with E-state index in [0.29, 0.717) is 19.6 Å². The molecule has 1 aliphatic rings. The van der Waals surface area contributed by atoms with Gasteiger partial charge in [0.15, 0.2) is 9.84 Å². The molecule has 1 saturated heterocycles. The first-order chi connectivity index (χ1) is 9.87. The van der Waals surface area contributed by atoms with E-state index < -0.39 is 9.84 Å².